The van der Waals surface area contributed by atoms with E-state index in [4.69, 9.17) is 19.4 Å². The van der Waals surface area contributed by atoms with E-state index in [0.29, 0.717) is 34.2 Å². The quantitative estimate of drug-likeness (QED) is 0.372. The molecule has 170 valence electrons. The molecule has 0 atom stereocenters. The first-order chi connectivity index (χ1) is 16.7. The Bertz CT molecular complexity index is 1430. The molecule has 5 rings (SSSR count). The van der Waals surface area contributed by atoms with Crippen molar-refractivity contribution in [2.45, 2.75) is 6.54 Å². The summed E-state index contributed by atoms with van der Waals surface area (Å²) >= 11 is 0. The predicted octanol–water partition coefficient (Wildman–Crippen LogP) is 4.91. The largest absolute Gasteiger partial charge is 0.497 e. The van der Waals surface area contributed by atoms with Crippen LogP contribution in [0.25, 0.3) is 22.4 Å². The van der Waals surface area contributed by atoms with Crippen LogP contribution in [0, 0.1) is 5.82 Å². The first kappa shape index (κ1) is 21.3. The van der Waals surface area contributed by atoms with Crippen molar-refractivity contribution >= 4 is 22.7 Å². The second-order valence-electron chi connectivity index (χ2n) is 7.42. The van der Waals surface area contributed by atoms with Gasteiger partial charge >= 0.3 is 0 Å². The van der Waals surface area contributed by atoms with Gasteiger partial charge in [0.2, 0.25) is 0 Å². The molecule has 0 unspecified atom stereocenters. The van der Waals surface area contributed by atoms with Crippen LogP contribution in [-0.4, -0.2) is 39.1 Å². The molecule has 2 aromatic carbocycles. The van der Waals surface area contributed by atoms with Crippen molar-refractivity contribution in [3.05, 3.63) is 84.8 Å². The van der Waals surface area contributed by atoms with Gasteiger partial charge < -0.3 is 19.4 Å². The average Bonchev–Trinajstić information content (AvgIpc) is 3.41. The van der Waals surface area contributed by atoms with E-state index in [2.05, 4.69) is 15.0 Å². The van der Waals surface area contributed by atoms with Crippen LogP contribution in [0.15, 0.2) is 73.2 Å². The standard InChI is InChI=1S/C25H21FN6O2/c1-33-17-12-20(24(26)21(13-17)34-2)32(15-22-27-10-11-28-22)23-9-8-18-25(31-23)30-19(14-29-18)16-6-4-3-5-7-16/h3-14H,15H2,1-2H3,(H,27,28). The van der Waals surface area contributed by atoms with Crippen LogP contribution in [0.1, 0.15) is 5.82 Å². The second kappa shape index (κ2) is 9.14. The third-order valence-electron chi connectivity index (χ3n) is 5.34. The summed E-state index contributed by atoms with van der Waals surface area (Å²) in [5.41, 5.74) is 2.93. The minimum atomic E-state index is -0.541. The topological polar surface area (TPSA) is 89.0 Å². The van der Waals surface area contributed by atoms with E-state index in [1.54, 1.807) is 35.6 Å². The number of rotatable bonds is 7. The fourth-order valence-electron chi connectivity index (χ4n) is 3.63. The van der Waals surface area contributed by atoms with Gasteiger partial charge in [-0.1, -0.05) is 30.3 Å². The van der Waals surface area contributed by atoms with E-state index in [9.17, 15) is 0 Å². The van der Waals surface area contributed by atoms with E-state index >= 15 is 4.39 Å². The molecule has 8 nitrogen and oxygen atoms in total. The summed E-state index contributed by atoms with van der Waals surface area (Å²) in [5, 5.41) is 0. The summed E-state index contributed by atoms with van der Waals surface area (Å²) in [6.07, 6.45) is 5.06. The van der Waals surface area contributed by atoms with Gasteiger partial charge in [-0.3, -0.25) is 4.98 Å². The number of hydrogen-bond donors (Lipinski definition) is 1. The Balaban J connectivity index is 1.65. The molecule has 0 saturated carbocycles. The highest BCUT2D eigenvalue weighted by molar-refractivity contribution is 5.77. The monoisotopic (exact) mass is 456 g/mol. The average molecular weight is 456 g/mol. The number of H-pyrrole nitrogens is 1. The van der Waals surface area contributed by atoms with Crippen LogP contribution in [0.3, 0.4) is 0 Å². The number of aromatic nitrogens is 5. The lowest BCUT2D eigenvalue weighted by atomic mass is 10.2. The molecule has 0 amide bonds. The molecule has 0 spiro atoms. The van der Waals surface area contributed by atoms with Crippen LogP contribution in [0.4, 0.5) is 15.9 Å². The molecular formula is C25H21FN6O2. The number of hydrogen-bond acceptors (Lipinski definition) is 7. The van der Waals surface area contributed by atoms with Gasteiger partial charge in [0.25, 0.3) is 0 Å². The molecule has 34 heavy (non-hydrogen) atoms. The Morgan fingerprint density at radius 2 is 1.82 bits per heavy atom. The lowest BCUT2D eigenvalue weighted by molar-refractivity contribution is 0.374. The van der Waals surface area contributed by atoms with Crippen molar-refractivity contribution in [2.24, 2.45) is 0 Å². The number of nitrogens with one attached hydrogen (secondary N) is 1. The second-order valence-corrected chi connectivity index (χ2v) is 7.42. The number of aromatic amines is 1. The van der Waals surface area contributed by atoms with Crippen molar-refractivity contribution in [3.8, 4) is 22.8 Å². The molecule has 0 radical (unpaired) electrons. The van der Waals surface area contributed by atoms with Crippen molar-refractivity contribution in [1.29, 1.82) is 0 Å². The van der Waals surface area contributed by atoms with Gasteiger partial charge in [0.1, 0.15) is 22.9 Å². The summed E-state index contributed by atoms with van der Waals surface area (Å²) in [5.74, 6) is 1.07. The van der Waals surface area contributed by atoms with Gasteiger partial charge in [-0.05, 0) is 12.1 Å². The molecule has 5 aromatic rings. The van der Waals surface area contributed by atoms with Crippen molar-refractivity contribution in [1.82, 2.24) is 24.9 Å². The summed E-state index contributed by atoms with van der Waals surface area (Å²) in [6, 6.07) is 16.4. The zero-order valence-corrected chi connectivity index (χ0v) is 18.6. The highest BCUT2D eigenvalue weighted by Gasteiger charge is 2.22. The lowest BCUT2D eigenvalue weighted by Crippen LogP contribution is -2.20. The van der Waals surface area contributed by atoms with Crippen LogP contribution in [0.5, 0.6) is 11.5 Å². The SMILES string of the molecule is COc1cc(OC)c(F)c(N(Cc2ncc[nH]2)c2ccc3ncc(-c4ccccc4)nc3n2)c1. The molecule has 0 fully saturated rings. The zero-order chi connectivity index (χ0) is 23.5. The highest BCUT2D eigenvalue weighted by Crippen LogP contribution is 2.37. The van der Waals surface area contributed by atoms with Crippen molar-refractivity contribution < 1.29 is 13.9 Å². The Labute approximate surface area is 195 Å². The van der Waals surface area contributed by atoms with E-state index in [0.717, 1.165) is 5.56 Å². The third-order valence-corrected chi connectivity index (χ3v) is 5.34. The Kier molecular flexibility index (Phi) is 5.73. The van der Waals surface area contributed by atoms with E-state index in [1.807, 2.05) is 36.4 Å². The summed E-state index contributed by atoms with van der Waals surface area (Å²) in [4.78, 5) is 23.0. The first-order valence-corrected chi connectivity index (χ1v) is 10.5. The van der Waals surface area contributed by atoms with Crippen LogP contribution in [-0.2, 0) is 6.54 Å². The fourth-order valence-corrected chi connectivity index (χ4v) is 3.63. The highest BCUT2D eigenvalue weighted by atomic mass is 19.1. The number of nitrogens with zero attached hydrogens (tertiary/aromatic N) is 5. The molecule has 0 saturated heterocycles. The van der Waals surface area contributed by atoms with E-state index in [1.165, 1.54) is 20.3 Å². The van der Waals surface area contributed by atoms with Gasteiger partial charge in [0, 0.05) is 30.1 Å². The van der Waals surface area contributed by atoms with Gasteiger partial charge in [-0.15, -0.1) is 0 Å². The Morgan fingerprint density at radius 1 is 0.971 bits per heavy atom. The Hall–Kier alpha value is -4.53. The first-order valence-electron chi connectivity index (χ1n) is 10.5. The lowest BCUT2D eigenvalue weighted by Gasteiger charge is -2.25. The van der Waals surface area contributed by atoms with E-state index in [-0.39, 0.29) is 18.0 Å². The Morgan fingerprint density at radius 3 is 2.56 bits per heavy atom. The van der Waals surface area contributed by atoms with Crippen molar-refractivity contribution in [3.63, 3.8) is 0 Å². The van der Waals surface area contributed by atoms with Crippen LogP contribution < -0.4 is 14.4 Å². The molecule has 1 N–H and O–H groups in total. The van der Waals surface area contributed by atoms with Gasteiger partial charge in [0.15, 0.2) is 17.2 Å². The molecular weight excluding hydrogens is 435 g/mol. The number of benzene rings is 2. The summed E-state index contributed by atoms with van der Waals surface area (Å²) in [6.45, 7) is 0.227. The molecule has 0 aliphatic rings. The third kappa shape index (κ3) is 4.11. The predicted molar refractivity (Wildman–Crippen MR) is 127 cm³/mol. The minimum absolute atomic E-state index is 0.0609. The molecule has 3 aromatic heterocycles. The normalized spacial score (nSPS) is 10.9. The molecule has 0 bridgehead atoms. The number of ether oxygens (including phenoxy) is 2. The van der Waals surface area contributed by atoms with Gasteiger partial charge in [0.05, 0.1) is 38.3 Å². The molecule has 0 aliphatic carbocycles. The van der Waals surface area contributed by atoms with Gasteiger partial charge in [-0.2, -0.15) is 0 Å². The fraction of sp³-hybridized carbons (Fsp3) is 0.120. The number of pyridine rings is 1. The van der Waals surface area contributed by atoms with Crippen LogP contribution >= 0.6 is 0 Å². The van der Waals surface area contributed by atoms with Crippen LogP contribution in [0.2, 0.25) is 0 Å². The molecule has 0 aliphatic heterocycles. The summed E-state index contributed by atoms with van der Waals surface area (Å²) < 4.78 is 26.0. The molecule has 9 heteroatoms. The smallest absolute Gasteiger partial charge is 0.188 e. The number of anilines is 2. The molecule has 3 heterocycles. The number of methoxy groups -OCH3 is 2. The van der Waals surface area contributed by atoms with E-state index < -0.39 is 5.82 Å². The summed E-state index contributed by atoms with van der Waals surface area (Å²) in [7, 11) is 2.93. The van der Waals surface area contributed by atoms with Crippen molar-refractivity contribution in [2.75, 3.05) is 19.1 Å². The number of fused-ring (bicyclic) bond motifs is 1. The zero-order valence-electron chi connectivity index (χ0n) is 18.6. The maximum atomic E-state index is 15.4. The maximum absolute atomic E-state index is 15.4. The number of halogens is 1. The maximum Gasteiger partial charge on any atom is 0.188 e. The van der Waals surface area contributed by atoms with Gasteiger partial charge in [-0.25, -0.2) is 19.3 Å². The number of imidazole rings is 1. The minimum Gasteiger partial charge on any atom is -0.497 e.